The van der Waals surface area contributed by atoms with Gasteiger partial charge in [-0.05, 0) is 30.5 Å². The number of rotatable bonds is 5. The SMILES string of the molecule is NC(=O)COC1(S(=O)(=O)c2ccccc2)CCc2ccccc21. The summed E-state index contributed by atoms with van der Waals surface area (Å²) in [7, 11) is -3.84. The maximum atomic E-state index is 13.3. The molecule has 0 fully saturated rings. The number of benzene rings is 2. The summed E-state index contributed by atoms with van der Waals surface area (Å²) in [5, 5.41) is 0. The van der Waals surface area contributed by atoms with Gasteiger partial charge in [0.25, 0.3) is 0 Å². The molecule has 1 aliphatic carbocycles. The van der Waals surface area contributed by atoms with Gasteiger partial charge in [-0.2, -0.15) is 0 Å². The molecule has 0 saturated carbocycles. The van der Waals surface area contributed by atoms with Crippen molar-refractivity contribution in [2.45, 2.75) is 22.7 Å². The number of ether oxygens (including phenoxy) is 1. The molecular weight excluding hydrogens is 314 g/mol. The van der Waals surface area contributed by atoms with Crippen molar-refractivity contribution in [2.75, 3.05) is 6.61 Å². The van der Waals surface area contributed by atoms with E-state index in [2.05, 4.69) is 0 Å². The molecule has 0 aromatic heterocycles. The van der Waals surface area contributed by atoms with Gasteiger partial charge in [-0.15, -0.1) is 0 Å². The Morgan fingerprint density at radius 2 is 1.74 bits per heavy atom. The molecular formula is C17H17NO4S. The number of sulfone groups is 1. The minimum absolute atomic E-state index is 0.168. The number of nitrogens with two attached hydrogens (primary N) is 1. The van der Waals surface area contributed by atoms with Crippen molar-refractivity contribution >= 4 is 15.7 Å². The van der Waals surface area contributed by atoms with Crippen LogP contribution in [0.5, 0.6) is 0 Å². The van der Waals surface area contributed by atoms with Crippen LogP contribution in [0.1, 0.15) is 17.5 Å². The topological polar surface area (TPSA) is 86.5 Å². The Kier molecular flexibility index (Phi) is 3.95. The van der Waals surface area contributed by atoms with Crippen LogP contribution in [0.2, 0.25) is 0 Å². The van der Waals surface area contributed by atoms with Crippen molar-refractivity contribution in [3.63, 3.8) is 0 Å². The summed E-state index contributed by atoms with van der Waals surface area (Å²) in [4.78, 5) is 9.77. The van der Waals surface area contributed by atoms with E-state index in [1.165, 1.54) is 12.1 Å². The maximum absolute atomic E-state index is 13.3. The number of carbonyl (C=O) groups is 1. The molecule has 23 heavy (non-hydrogen) atoms. The number of aryl methyl sites for hydroxylation is 1. The number of hydrogen-bond acceptors (Lipinski definition) is 4. The highest BCUT2D eigenvalue weighted by Crippen LogP contribution is 2.46. The summed E-state index contributed by atoms with van der Waals surface area (Å²) in [6.45, 7) is -0.444. The quantitative estimate of drug-likeness (QED) is 0.904. The number of carbonyl (C=O) groups excluding carboxylic acids is 1. The van der Waals surface area contributed by atoms with E-state index >= 15 is 0 Å². The van der Waals surface area contributed by atoms with Crippen molar-refractivity contribution in [2.24, 2.45) is 5.73 Å². The van der Waals surface area contributed by atoms with E-state index in [0.29, 0.717) is 12.0 Å². The van der Waals surface area contributed by atoms with Gasteiger partial charge in [0, 0.05) is 5.56 Å². The normalized spacial score (nSPS) is 20.2. The fraction of sp³-hybridized carbons (Fsp3) is 0.235. The standard InChI is InChI=1S/C17H17NO4S/c18-16(19)12-22-17(11-10-13-6-4-5-9-15(13)17)23(20,21)14-7-2-1-3-8-14/h1-9H,10-12H2,(H2,18,19). The molecule has 120 valence electrons. The summed E-state index contributed by atoms with van der Waals surface area (Å²) in [5.41, 5.74) is 6.67. The summed E-state index contributed by atoms with van der Waals surface area (Å²) in [5.74, 6) is -0.697. The van der Waals surface area contributed by atoms with E-state index in [0.717, 1.165) is 5.56 Å². The zero-order valence-electron chi connectivity index (χ0n) is 12.4. The van der Waals surface area contributed by atoms with Crippen LogP contribution in [-0.2, 0) is 30.7 Å². The van der Waals surface area contributed by atoms with Crippen LogP contribution >= 0.6 is 0 Å². The molecule has 5 nitrogen and oxygen atoms in total. The summed E-state index contributed by atoms with van der Waals surface area (Å²) in [6, 6.07) is 15.4. The van der Waals surface area contributed by atoms with E-state index in [1.54, 1.807) is 30.3 Å². The first-order valence-corrected chi connectivity index (χ1v) is 8.76. The Bertz CT molecular complexity index is 833. The largest absolute Gasteiger partial charge is 0.368 e. The molecule has 1 amide bonds. The number of primary amides is 1. The molecule has 0 heterocycles. The van der Waals surface area contributed by atoms with Crippen LogP contribution in [0, 0.1) is 0 Å². The molecule has 1 unspecified atom stereocenters. The number of amides is 1. The van der Waals surface area contributed by atoms with Crippen LogP contribution in [0.3, 0.4) is 0 Å². The van der Waals surface area contributed by atoms with Gasteiger partial charge in [-0.1, -0.05) is 42.5 Å². The van der Waals surface area contributed by atoms with Crippen molar-refractivity contribution in [3.8, 4) is 0 Å². The van der Waals surface area contributed by atoms with Gasteiger partial charge >= 0.3 is 0 Å². The van der Waals surface area contributed by atoms with Gasteiger partial charge in [0.15, 0.2) is 4.93 Å². The van der Waals surface area contributed by atoms with Gasteiger partial charge in [0.1, 0.15) is 6.61 Å². The molecule has 0 bridgehead atoms. The fourth-order valence-electron chi connectivity index (χ4n) is 3.03. The van der Waals surface area contributed by atoms with E-state index in [-0.39, 0.29) is 11.3 Å². The molecule has 6 heteroatoms. The first kappa shape index (κ1) is 15.7. The highest BCUT2D eigenvalue weighted by atomic mass is 32.2. The second kappa shape index (κ2) is 5.79. The van der Waals surface area contributed by atoms with Crippen molar-refractivity contribution in [1.29, 1.82) is 0 Å². The van der Waals surface area contributed by atoms with Crippen LogP contribution in [0.4, 0.5) is 0 Å². The zero-order valence-corrected chi connectivity index (χ0v) is 13.3. The molecule has 0 radical (unpaired) electrons. The third-order valence-corrected chi connectivity index (χ3v) is 6.39. The Morgan fingerprint density at radius 3 is 2.43 bits per heavy atom. The van der Waals surface area contributed by atoms with Gasteiger partial charge in [-0.3, -0.25) is 4.79 Å². The minimum atomic E-state index is -3.84. The van der Waals surface area contributed by atoms with Crippen LogP contribution < -0.4 is 5.73 Å². The second-order valence-electron chi connectivity index (χ2n) is 5.48. The molecule has 2 N–H and O–H groups in total. The van der Waals surface area contributed by atoms with Crippen LogP contribution in [-0.4, -0.2) is 20.9 Å². The zero-order chi connectivity index (χ0) is 16.5. The summed E-state index contributed by atoms with van der Waals surface area (Å²) in [6.07, 6.45) is 0.831. The molecule has 1 aliphatic rings. The third kappa shape index (κ3) is 2.54. The average molecular weight is 331 g/mol. The lowest BCUT2D eigenvalue weighted by atomic mass is 10.1. The number of fused-ring (bicyclic) bond motifs is 1. The highest BCUT2D eigenvalue weighted by molar-refractivity contribution is 7.92. The first-order chi connectivity index (χ1) is 11.0. The smallest absolute Gasteiger partial charge is 0.243 e. The Hall–Kier alpha value is -2.18. The maximum Gasteiger partial charge on any atom is 0.243 e. The van der Waals surface area contributed by atoms with E-state index < -0.39 is 27.3 Å². The van der Waals surface area contributed by atoms with E-state index in [1.807, 2.05) is 12.1 Å². The highest BCUT2D eigenvalue weighted by Gasteiger charge is 2.51. The molecule has 2 aromatic rings. The first-order valence-electron chi connectivity index (χ1n) is 7.28. The third-order valence-electron chi connectivity index (χ3n) is 4.09. The molecule has 0 spiro atoms. The lowest BCUT2D eigenvalue weighted by Gasteiger charge is -2.30. The Morgan fingerprint density at radius 1 is 1.09 bits per heavy atom. The lowest BCUT2D eigenvalue weighted by molar-refractivity contribution is -0.126. The average Bonchev–Trinajstić information content (AvgIpc) is 2.94. The van der Waals surface area contributed by atoms with Gasteiger partial charge in [-0.25, -0.2) is 8.42 Å². The van der Waals surface area contributed by atoms with E-state index in [4.69, 9.17) is 10.5 Å². The molecule has 1 atom stereocenters. The Balaban J connectivity index is 2.17. The van der Waals surface area contributed by atoms with Crippen LogP contribution in [0.25, 0.3) is 0 Å². The monoisotopic (exact) mass is 331 g/mol. The fourth-order valence-corrected chi connectivity index (χ4v) is 5.00. The number of hydrogen-bond donors (Lipinski definition) is 1. The molecule has 0 aliphatic heterocycles. The predicted molar refractivity (Wildman–Crippen MR) is 85.2 cm³/mol. The second-order valence-corrected chi connectivity index (χ2v) is 7.62. The Labute approximate surface area is 135 Å². The van der Waals surface area contributed by atoms with Crippen molar-refractivity contribution < 1.29 is 17.9 Å². The van der Waals surface area contributed by atoms with Crippen molar-refractivity contribution in [3.05, 3.63) is 65.7 Å². The summed E-state index contributed by atoms with van der Waals surface area (Å²) < 4.78 is 32.1. The molecule has 0 saturated heterocycles. The van der Waals surface area contributed by atoms with Gasteiger partial charge < -0.3 is 10.5 Å². The van der Waals surface area contributed by atoms with Crippen molar-refractivity contribution in [1.82, 2.24) is 0 Å². The summed E-state index contributed by atoms with van der Waals surface area (Å²) >= 11 is 0. The molecule has 2 aromatic carbocycles. The molecule has 3 rings (SSSR count). The lowest BCUT2D eigenvalue weighted by Crippen LogP contribution is -2.39. The predicted octanol–water partition coefficient (Wildman–Crippen LogP) is 1.76. The van der Waals surface area contributed by atoms with Crippen LogP contribution in [0.15, 0.2) is 59.5 Å². The van der Waals surface area contributed by atoms with Gasteiger partial charge in [0.05, 0.1) is 4.90 Å². The van der Waals surface area contributed by atoms with Gasteiger partial charge in [0.2, 0.25) is 15.7 Å². The van der Waals surface area contributed by atoms with E-state index in [9.17, 15) is 13.2 Å². The minimum Gasteiger partial charge on any atom is -0.368 e.